The summed E-state index contributed by atoms with van der Waals surface area (Å²) in [5.41, 5.74) is 1.46. The number of ether oxygens (including phenoxy) is 1. The van der Waals surface area contributed by atoms with Gasteiger partial charge in [-0.1, -0.05) is 37.3 Å². The maximum absolute atomic E-state index is 13.1. The zero-order valence-corrected chi connectivity index (χ0v) is 20.5. The fourth-order valence-corrected chi connectivity index (χ4v) is 6.31. The van der Waals surface area contributed by atoms with Crippen LogP contribution < -0.4 is 4.72 Å². The largest absolute Gasteiger partial charge is 0.364 e. The summed E-state index contributed by atoms with van der Waals surface area (Å²) >= 11 is 0. The van der Waals surface area contributed by atoms with Gasteiger partial charge in [0.1, 0.15) is 0 Å². The second kappa shape index (κ2) is 9.41. The second-order valence-electron chi connectivity index (χ2n) is 9.74. The first-order valence-electron chi connectivity index (χ1n) is 12.2. The molecule has 3 aliphatic rings. The fraction of sp³-hybridized carbons (Fsp3) is 0.500. The highest BCUT2D eigenvalue weighted by molar-refractivity contribution is 7.89. The third-order valence-corrected chi connectivity index (χ3v) is 8.76. The van der Waals surface area contributed by atoms with Crippen LogP contribution in [0.25, 0.3) is 0 Å². The number of carbonyl (C=O) groups is 1. The molecule has 184 valence electrons. The molecule has 0 radical (unpaired) electrons. The molecule has 3 fully saturated rings. The molecule has 1 spiro atoms. The summed E-state index contributed by atoms with van der Waals surface area (Å²) in [7, 11) is -3.52. The molecule has 8 heteroatoms. The number of carbonyl (C=O) groups excluding carboxylic acids is 1. The number of nitrogens with zero attached hydrogens (tertiary/aromatic N) is 2. The number of benzene rings is 2. The minimum absolute atomic E-state index is 0. The topological polar surface area (TPSA) is 79.0 Å². The molecule has 1 amide bonds. The van der Waals surface area contributed by atoms with Crippen LogP contribution in [0, 0.1) is 0 Å². The van der Waals surface area contributed by atoms with Crippen LogP contribution in [0.1, 0.15) is 56.1 Å². The molecule has 1 N–H and O–H groups in total. The van der Waals surface area contributed by atoms with E-state index < -0.39 is 10.0 Å². The van der Waals surface area contributed by atoms with Gasteiger partial charge in [0.2, 0.25) is 10.0 Å². The molecule has 34 heavy (non-hydrogen) atoms. The number of hydrogen-bond acceptors (Lipinski definition) is 5. The number of likely N-dealkylation sites (tertiary alicyclic amines) is 1. The van der Waals surface area contributed by atoms with Gasteiger partial charge in [-0.25, -0.2) is 13.1 Å². The predicted octanol–water partition coefficient (Wildman–Crippen LogP) is 3.44. The second-order valence-corrected chi connectivity index (χ2v) is 11.5. The van der Waals surface area contributed by atoms with Gasteiger partial charge >= 0.3 is 0 Å². The van der Waals surface area contributed by atoms with Gasteiger partial charge in [0.15, 0.2) is 0 Å². The highest BCUT2D eigenvalue weighted by atomic mass is 32.2. The third-order valence-electron chi connectivity index (χ3n) is 7.22. The average Bonchev–Trinajstić information content (AvgIpc) is 3.68. The normalized spacial score (nSPS) is 23.2. The van der Waals surface area contributed by atoms with Gasteiger partial charge in [0.25, 0.3) is 5.91 Å². The van der Waals surface area contributed by atoms with Gasteiger partial charge in [-0.05, 0) is 62.1 Å². The Balaban J connectivity index is 0.00000289. The van der Waals surface area contributed by atoms with Crippen LogP contribution in [0.4, 0.5) is 0 Å². The summed E-state index contributed by atoms with van der Waals surface area (Å²) in [6.07, 6.45) is 3.39. The van der Waals surface area contributed by atoms with Crippen LogP contribution >= 0.6 is 0 Å². The Morgan fingerprint density at radius 3 is 2.38 bits per heavy atom. The Morgan fingerprint density at radius 2 is 1.76 bits per heavy atom. The number of piperidine rings is 1. The van der Waals surface area contributed by atoms with Crippen molar-refractivity contribution in [1.29, 1.82) is 0 Å². The van der Waals surface area contributed by atoms with Crippen molar-refractivity contribution >= 4 is 15.9 Å². The Bertz CT molecular complexity index is 1120. The molecule has 1 saturated carbocycles. The van der Waals surface area contributed by atoms with Crippen LogP contribution in [-0.4, -0.2) is 68.5 Å². The molecular formula is C26H35N3O4S. The van der Waals surface area contributed by atoms with E-state index in [1.165, 1.54) is 17.7 Å². The van der Waals surface area contributed by atoms with Gasteiger partial charge < -0.3 is 9.64 Å². The average molecular weight is 486 g/mol. The predicted molar refractivity (Wildman–Crippen MR) is 132 cm³/mol. The van der Waals surface area contributed by atoms with Crippen molar-refractivity contribution in [3.8, 4) is 0 Å². The lowest BCUT2D eigenvalue weighted by atomic mass is 9.87. The third kappa shape index (κ3) is 5.05. The maximum atomic E-state index is 13.1. The summed E-state index contributed by atoms with van der Waals surface area (Å²) in [5, 5.41) is 0. The summed E-state index contributed by atoms with van der Waals surface area (Å²) in [6.45, 7) is 6.18. The molecule has 7 nitrogen and oxygen atoms in total. The zero-order chi connectivity index (χ0) is 23.8. The van der Waals surface area contributed by atoms with Crippen molar-refractivity contribution in [2.75, 3.05) is 32.7 Å². The van der Waals surface area contributed by atoms with Crippen LogP contribution in [0.2, 0.25) is 0 Å². The molecule has 1 aliphatic carbocycles. The minimum atomic E-state index is -3.52. The van der Waals surface area contributed by atoms with E-state index in [9.17, 15) is 13.2 Å². The van der Waals surface area contributed by atoms with Crippen LogP contribution in [0.5, 0.6) is 0 Å². The first kappa shape index (κ1) is 23.5. The van der Waals surface area contributed by atoms with E-state index in [0.29, 0.717) is 18.7 Å². The van der Waals surface area contributed by atoms with E-state index in [-0.39, 0.29) is 30.0 Å². The Kier molecular flexibility index (Phi) is 6.50. The molecule has 2 aromatic carbocycles. The van der Waals surface area contributed by atoms with Crippen LogP contribution in [-0.2, 0) is 14.8 Å². The number of amides is 1. The van der Waals surface area contributed by atoms with Crippen molar-refractivity contribution in [1.82, 2.24) is 14.5 Å². The summed E-state index contributed by atoms with van der Waals surface area (Å²) in [6, 6.07) is 16.7. The van der Waals surface area contributed by atoms with Gasteiger partial charge in [-0.15, -0.1) is 0 Å². The Labute approximate surface area is 203 Å². The summed E-state index contributed by atoms with van der Waals surface area (Å²) < 4.78 is 34.2. The summed E-state index contributed by atoms with van der Waals surface area (Å²) in [5.74, 6) is -0.0586. The van der Waals surface area contributed by atoms with Crippen molar-refractivity contribution in [3.05, 3.63) is 65.7 Å². The van der Waals surface area contributed by atoms with E-state index in [2.05, 4.69) is 40.8 Å². The van der Waals surface area contributed by atoms with Crippen LogP contribution in [0.3, 0.4) is 0 Å². The molecule has 1 atom stereocenters. The molecule has 1 unspecified atom stereocenters. The zero-order valence-electron chi connectivity index (χ0n) is 19.7. The fourth-order valence-electron chi connectivity index (χ4n) is 5.01. The smallest absolute Gasteiger partial charge is 0.253 e. The van der Waals surface area contributed by atoms with E-state index in [1.54, 1.807) is 12.1 Å². The van der Waals surface area contributed by atoms with E-state index in [0.717, 1.165) is 45.3 Å². The van der Waals surface area contributed by atoms with Gasteiger partial charge in [-0.2, -0.15) is 0 Å². The molecule has 2 heterocycles. The van der Waals surface area contributed by atoms with Crippen molar-refractivity contribution in [2.24, 2.45) is 0 Å². The van der Waals surface area contributed by atoms with Crippen molar-refractivity contribution < 1.29 is 19.4 Å². The quantitative estimate of drug-likeness (QED) is 0.678. The van der Waals surface area contributed by atoms with Crippen LogP contribution in [0.15, 0.2) is 59.5 Å². The highest BCUT2D eigenvalue weighted by Crippen LogP contribution is 2.38. The van der Waals surface area contributed by atoms with Gasteiger partial charge in [-0.3, -0.25) is 9.69 Å². The molecular weight excluding hydrogens is 450 g/mol. The number of sulfonamides is 1. The maximum Gasteiger partial charge on any atom is 0.253 e. The molecule has 5 rings (SSSR count). The Morgan fingerprint density at radius 1 is 1.09 bits per heavy atom. The standard InChI is InChI=1S/C26H33N3O4S.H2/c1-2-28-18-24(20-6-4-3-5-7-20)33-26(19-28)14-16-29(17-15-26)25(30)21-8-12-23(13-9-21)34(31,32)27-22-10-11-22;/h3-9,12-13,22,24,27H,2,10-11,14-19H2,1H3;1H. The number of rotatable bonds is 6. The molecule has 0 bridgehead atoms. The van der Waals surface area contributed by atoms with Gasteiger partial charge in [0.05, 0.1) is 16.6 Å². The van der Waals surface area contributed by atoms with E-state index >= 15 is 0 Å². The lowest BCUT2D eigenvalue weighted by Gasteiger charge is -2.50. The molecule has 2 saturated heterocycles. The molecule has 2 aliphatic heterocycles. The number of nitrogens with one attached hydrogen (secondary N) is 1. The lowest BCUT2D eigenvalue weighted by Crippen LogP contribution is -2.58. The SMILES string of the molecule is CCN1CC(c2ccccc2)OC2(CCN(C(=O)c3ccc(S(=O)(=O)NC4CC4)cc3)CC2)C1.[HH]. The van der Waals surface area contributed by atoms with E-state index in [1.807, 2.05) is 11.0 Å². The first-order chi connectivity index (χ1) is 16.4. The molecule has 0 aromatic heterocycles. The van der Waals surface area contributed by atoms with E-state index in [4.69, 9.17) is 4.74 Å². The minimum Gasteiger partial charge on any atom is -0.364 e. The number of hydrogen-bond donors (Lipinski definition) is 1. The first-order valence-corrected chi connectivity index (χ1v) is 13.7. The Hall–Kier alpha value is -2.26. The molecule has 2 aromatic rings. The highest BCUT2D eigenvalue weighted by Gasteiger charge is 2.43. The van der Waals surface area contributed by atoms with Crippen molar-refractivity contribution in [3.63, 3.8) is 0 Å². The van der Waals surface area contributed by atoms with Gasteiger partial charge in [0, 0.05) is 39.2 Å². The number of morpholine rings is 1. The summed E-state index contributed by atoms with van der Waals surface area (Å²) in [4.78, 5) is 17.7. The van der Waals surface area contributed by atoms with Crippen molar-refractivity contribution in [2.45, 2.75) is 55.2 Å². The number of likely N-dealkylation sites (N-methyl/N-ethyl adjacent to an activating group) is 1. The lowest BCUT2D eigenvalue weighted by molar-refractivity contribution is -0.175. The monoisotopic (exact) mass is 485 g/mol.